The summed E-state index contributed by atoms with van der Waals surface area (Å²) in [6, 6.07) is 0. The number of hydrogen-bond donors (Lipinski definition) is 2. The Balaban J connectivity index is 2.06. The van der Waals surface area contributed by atoms with Crippen LogP contribution in [0.25, 0.3) is 0 Å². The molecule has 1 aliphatic rings. The summed E-state index contributed by atoms with van der Waals surface area (Å²) >= 11 is 1.37. The molecule has 0 spiro atoms. The SMILES string of the molecule is O=C(NCCO)c1scnc1C1CC1. The molecule has 4 nitrogen and oxygen atoms in total. The van der Waals surface area contributed by atoms with Crippen LogP contribution >= 0.6 is 11.3 Å². The van der Waals surface area contributed by atoms with Gasteiger partial charge in [-0.15, -0.1) is 11.3 Å². The molecule has 1 saturated carbocycles. The molecule has 14 heavy (non-hydrogen) atoms. The van der Waals surface area contributed by atoms with E-state index < -0.39 is 0 Å². The van der Waals surface area contributed by atoms with Crippen LogP contribution in [0.1, 0.15) is 34.1 Å². The van der Waals surface area contributed by atoms with Gasteiger partial charge in [-0.1, -0.05) is 0 Å². The number of nitrogens with one attached hydrogen (secondary N) is 1. The van der Waals surface area contributed by atoms with Gasteiger partial charge in [0.05, 0.1) is 17.8 Å². The molecule has 1 amide bonds. The Morgan fingerprint density at radius 3 is 3.14 bits per heavy atom. The van der Waals surface area contributed by atoms with Crippen molar-refractivity contribution < 1.29 is 9.90 Å². The lowest BCUT2D eigenvalue weighted by molar-refractivity contribution is 0.0947. The number of amides is 1. The maximum Gasteiger partial charge on any atom is 0.263 e. The summed E-state index contributed by atoms with van der Waals surface area (Å²) in [7, 11) is 0. The summed E-state index contributed by atoms with van der Waals surface area (Å²) in [6.45, 7) is 0.282. The van der Waals surface area contributed by atoms with E-state index >= 15 is 0 Å². The average molecular weight is 212 g/mol. The predicted octanol–water partition coefficient (Wildman–Crippen LogP) is 0.743. The van der Waals surface area contributed by atoms with Crippen molar-refractivity contribution >= 4 is 17.2 Å². The highest BCUT2D eigenvalue weighted by atomic mass is 32.1. The van der Waals surface area contributed by atoms with Crippen LogP contribution in [-0.4, -0.2) is 29.1 Å². The summed E-state index contributed by atoms with van der Waals surface area (Å²) in [5, 5.41) is 11.2. The van der Waals surface area contributed by atoms with Crippen molar-refractivity contribution in [1.29, 1.82) is 0 Å². The summed E-state index contributed by atoms with van der Waals surface area (Å²) in [4.78, 5) is 16.5. The van der Waals surface area contributed by atoms with Crippen LogP contribution in [-0.2, 0) is 0 Å². The monoisotopic (exact) mass is 212 g/mol. The summed E-state index contributed by atoms with van der Waals surface area (Å²) in [5.41, 5.74) is 2.65. The van der Waals surface area contributed by atoms with Crippen molar-refractivity contribution in [2.75, 3.05) is 13.2 Å². The first-order valence-electron chi connectivity index (χ1n) is 4.65. The highest BCUT2D eigenvalue weighted by molar-refractivity contribution is 7.11. The fourth-order valence-corrected chi connectivity index (χ4v) is 2.11. The molecule has 2 N–H and O–H groups in total. The van der Waals surface area contributed by atoms with E-state index in [1.54, 1.807) is 5.51 Å². The molecular weight excluding hydrogens is 200 g/mol. The van der Waals surface area contributed by atoms with Crippen LogP contribution in [0.15, 0.2) is 5.51 Å². The van der Waals surface area contributed by atoms with E-state index in [4.69, 9.17) is 5.11 Å². The maximum absolute atomic E-state index is 11.6. The van der Waals surface area contributed by atoms with Gasteiger partial charge in [0, 0.05) is 12.5 Å². The van der Waals surface area contributed by atoms with Crippen molar-refractivity contribution in [2.45, 2.75) is 18.8 Å². The van der Waals surface area contributed by atoms with E-state index in [2.05, 4.69) is 10.3 Å². The molecule has 0 radical (unpaired) electrons. The van der Waals surface area contributed by atoms with Gasteiger partial charge < -0.3 is 10.4 Å². The third-order valence-electron chi connectivity index (χ3n) is 2.16. The zero-order chi connectivity index (χ0) is 9.97. The molecule has 76 valence electrons. The van der Waals surface area contributed by atoms with E-state index in [1.165, 1.54) is 11.3 Å². The minimum Gasteiger partial charge on any atom is -0.395 e. The van der Waals surface area contributed by atoms with Crippen LogP contribution in [0, 0.1) is 0 Å². The lowest BCUT2D eigenvalue weighted by Crippen LogP contribution is -2.26. The molecule has 0 bridgehead atoms. The number of thiazole rings is 1. The van der Waals surface area contributed by atoms with Crippen molar-refractivity contribution in [3.63, 3.8) is 0 Å². The molecule has 1 aliphatic carbocycles. The van der Waals surface area contributed by atoms with E-state index in [9.17, 15) is 4.79 Å². The molecule has 2 rings (SSSR count). The number of hydrogen-bond acceptors (Lipinski definition) is 4. The number of carbonyl (C=O) groups excluding carboxylic acids is 1. The second kappa shape index (κ2) is 4.06. The lowest BCUT2D eigenvalue weighted by atomic mass is 10.2. The number of aliphatic hydroxyl groups excluding tert-OH is 1. The van der Waals surface area contributed by atoms with Crippen LogP contribution in [0.3, 0.4) is 0 Å². The molecule has 5 heteroatoms. The predicted molar refractivity (Wildman–Crippen MR) is 53.5 cm³/mol. The molecule has 0 saturated heterocycles. The van der Waals surface area contributed by atoms with Crippen molar-refractivity contribution in [1.82, 2.24) is 10.3 Å². The summed E-state index contributed by atoms with van der Waals surface area (Å²) < 4.78 is 0. The Kier molecular flexibility index (Phi) is 2.79. The summed E-state index contributed by atoms with van der Waals surface area (Å²) in [6.07, 6.45) is 2.29. The first-order valence-corrected chi connectivity index (χ1v) is 5.53. The molecule has 1 aromatic rings. The molecule has 0 aromatic carbocycles. The quantitative estimate of drug-likeness (QED) is 0.774. The number of aliphatic hydroxyl groups is 1. The standard InChI is InChI=1S/C9H12N2O2S/c12-4-3-10-9(13)8-7(6-1-2-6)11-5-14-8/h5-6,12H,1-4H2,(H,10,13). The highest BCUT2D eigenvalue weighted by Gasteiger charge is 2.30. The normalized spacial score (nSPS) is 15.5. The Labute approximate surface area is 86.0 Å². The Morgan fingerprint density at radius 1 is 1.71 bits per heavy atom. The number of nitrogens with zero attached hydrogens (tertiary/aromatic N) is 1. The van der Waals surface area contributed by atoms with E-state index in [-0.39, 0.29) is 12.5 Å². The van der Waals surface area contributed by atoms with Gasteiger partial charge in [0.25, 0.3) is 5.91 Å². The fraction of sp³-hybridized carbons (Fsp3) is 0.556. The number of carbonyl (C=O) groups is 1. The smallest absolute Gasteiger partial charge is 0.263 e. The Bertz CT molecular complexity index is 333. The average Bonchev–Trinajstić information content (AvgIpc) is 2.93. The molecular formula is C9H12N2O2S. The minimum absolute atomic E-state index is 0.0245. The first kappa shape index (κ1) is 9.61. The van der Waals surface area contributed by atoms with E-state index in [0.29, 0.717) is 17.3 Å². The summed E-state index contributed by atoms with van der Waals surface area (Å²) in [5.74, 6) is 0.388. The zero-order valence-corrected chi connectivity index (χ0v) is 8.51. The molecule has 1 heterocycles. The Hall–Kier alpha value is -0.940. The van der Waals surface area contributed by atoms with Gasteiger partial charge >= 0.3 is 0 Å². The van der Waals surface area contributed by atoms with Gasteiger partial charge in [-0.05, 0) is 12.8 Å². The second-order valence-electron chi connectivity index (χ2n) is 3.32. The molecule has 1 aromatic heterocycles. The highest BCUT2D eigenvalue weighted by Crippen LogP contribution is 2.41. The zero-order valence-electron chi connectivity index (χ0n) is 7.69. The van der Waals surface area contributed by atoms with Gasteiger partial charge in [0.15, 0.2) is 0 Å². The van der Waals surface area contributed by atoms with Crippen LogP contribution in [0.5, 0.6) is 0 Å². The number of aromatic nitrogens is 1. The van der Waals surface area contributed by atoms with E-state index in [1.807, 2.05) is 0 Å². The van der Waals surface area contributed by atoms with Crippen LogP contribution < -0.4 is 5.32 Å². The topological polar surface area (TPSA) is 62.2 Å². The first-order chi connectivity index (χ1) is 6.83. The van der Waals surface area contributed by atoms with Crippen LogP contribution in [0.2, 0.25) is 0 Å². The molecule has 0 aliphatic heterocycles. The van der Waals surface area contributed by atoms with Crippen molar-refractivity contribution in [2.24, 2.45) is 0 Å². The molecule has 0 unspecified atom stereocenters. The minimum atomic E-state index is -0.108. The Morgan fingerprint density at radius 2 is 2.50 bits per heavy atom. The van der Waals surface area contributed by atoms with Gasteiger partial charge in [-0.25, -0.2) is 4.98 Å². The van der Waals surface area contributed by atoms with Crippen LogP contribution in [0.4, 0.5) is 0 Å². The molecule has 1 fully saturated rings. The van der Waals surface area contributed by atoms with Gasteiger partial charge in [-0.3, -0.25) is 4.79 Å². The molecule has 0 atom stereocenters. The lowest BCUT2D eigenvalue weighted by Gasteiger charge is -2.01. The largest absolute Gasteiger partial charge is 0.395 e. The number of rotatable bonds is 4. The van der Waals surface area contributed by atoms with Gasteiger partial charge in [0.1, 0.15) is 4.88 Å². The maximum atomic E-state index is 11.6. The van der Waals surface area contributed by atoms with Gasteiger partial charge in [-0.2, -0.15) is 0 Å². The fourth-order valence-electron chi connectivity index (χ4n) is 1.32. The third-order valence-corrected chi connectivity index (χ3v) is 3.00. The third kappa shape index (κ3) is 1.93. The second-order valence-corrected chi connectivity index (χ2v) is 4.18. The van der Waals surface area contributed by atoms with Crippen molar-refractivity contribution in [3.8, 4) is 0 Å². The van der Waals surface area contributed by atoms with E-state index in [0.717, 1.165) is 18.5 Å². The van der Waals surface area contributed by atoms with Gasteiger partial charge in [0.2, 0.25) is 0 Å². The van der Waals surface area contributed by atoms with Crippen molar-refractivity contribution in [3.05, 3.63) is 16.1 Å².